The Labute approximate surface area is 118 Å². The van der Waals surface area contributed by atoms with Gasteiger partial charge in [0.05, 0.1) is 11.3 Å². The second-order valence-electron chi connectivity index (χ2n) is 3.86. The molecule has 2 rings (SSSR count). The third-order valence-electron chi connectivity index (χ3n) is 2.53. The molecule has 2 N–H and O–H groups in total. The van der Waals surface area contributed by atoms with Crippen LogP contribution in [0.15, 0.2) is 24.8 Å². The Balaban J connectivity index is 2.05. The SMILES string of the molecule is O=C(NCCc1cnc[nH]1)c1cc(Cl)ncc1[N+](=O)[O-]. The lowest BCUT2D eigenvalue weighted by Gasteiger charge is -2.05. The zero-order chi connectivity index (χ0) is 14.5. The molecule has 0 aliphatic heterocycles. The summed E-state index contributed by atoms with van der Waals surface area (Å²) in [5.74, 6) is -0.569. The highest BCUT2D eigenvalue weighted by molar-refractivity contribution is 6.29. The number of nitro groups is 1. The van der Waals surface area contributed by atoms with Crippen LogP contribution >= 0.6 is 11.6 Å². The van der Waals surface area contributed by atoms with E-state index in [4.69, 9.17) is 11.6 Å². The van der Waals surface area contributed by atoms with E-state index in [-0.39, 0.29) is 16.4 Å². The van der Waals surface area contributed by atoms with E-state index in [2.05, 4.69) is 20.3 Å². The summed E-state index contributed by atoms with van der Waals surface area (Å²) in [4.78, 5) is 32.4. The molecule has 8 nitrogen and oxygen atoms in total. The molecule has 1 amide bonds. The third-order valence-corrected chi connectivity index (χ3v) is 2.73. The monoisotopic (exact) mass is 295 g/mol. The van der Waals surface area contributed by atoms with Gasteiger partial charge in [-0.2, -0.15) is 0 Å². The average Bonchev–Trinajstić information content (AvgIpc) is 2.91. The van der Waals surface area contributed by atoms with Gasteiger partial charge in [-0.25, -0.2) is 9.97 Å². The third kappa shape index (κ3) is 3.29. The highest BCUT2D eigenvalue weighted by Gasteiger charge is 2.21. The maximum Gasteiger partial charge on any atom is 0.300 e. The molecule has 0 spiro atoms. The summed E-state index contributed by atoms with van der Waals surface area (Å²) >= 11 is 5.65. The van der Waals surface area contributed by atoms with E-state index in [0.29, 0.717) is 13.0 Å². The highest BCUT2D eigenvalue weighted by Crippen LogP contribution is 2.20. The van der Waals surface area contributed by atoms with Crippen LogP contribution in [0.1, 0.15) is 16.1 Å². The Hall–Kier alpha value is -2.48. The summed E-state index contributed by atoms with van der Waals surface area (Å²) in [5, 5.41) is 13.4. The molecule has 0 fully saturated rings. The van der Waals surface area contributed by atoms with Crippen molar-refractivity contribution in [1.82, 2.24) is 20.3 Å². The molecule has 0 aliphatic carbocycles. The molecule has 0 bridgehead atoms. The molecule has 0 unspecified atom stereocenters. The molecule has 2 heterocycles. The van der Waals surface area contributed by atoms with Crippen molar-refractivity contribution in [1.29, 1.82) is 0 Å². The number of H-pyrrole nitrogens is 1. The Morgan fingerprint density at radius 2 is 2.30 bits per heavy atom. The minimum Gasteiger partial charge on any atom is -0.351 e. The average molecular weight is 296 g/mol. The molecular formula is C11H10ClN5O3. The molecule has 0 aliphatic rings. The number of rotatable bonds is 5. The minimum absolute atomic E-state index is 0.0225. The fraction of sp³-hybridized carbons (Fsp3) is 0.182. The number of carbonyl (C=O) groups is 1. The maximum absolute atomic E-state index is 11.9. The van der Waals surface area contributed by atoms with Crippen LogP contribution in [0, 0.1) is 10.1 Å². The summed E-state index contributed by atoms with van der Waals surface area (Å²) in [7, 11) is 0. The van der Waals surface area contributed by atoms with Crippen LogP contribution in [-0.4, -0.2) is 32.3 Å². The molecule has 0 saturated heterocycles. The Bertz CT molecular complexity index is 629. The molecule has 2 aromatic rings. The quantitative estimate of drug-likeness (QED) is 0.491. The van der Waals surface area contributed by atoms with Crippen molar-refractivity contribution >= 4 is 23.2 Å². The van der Waals surface area contributed by atoms with E-state index in [1.807, 2.05) is 0 Å². The first-order valence-corrected chi connectivity index (χ1v) is 6.01. The van der Waals surface area contributed by atoms with Crippen molar-refractivity contribution in [2.75, 3.05) is 6.54 Å². The first-order chi connectivity index (χ1) is 9.58. The number of hydrogen-bond donors (Lipinski definition) is 2. The van der Waals surface area contributed by atoms with E-state index in [0.717, 1.165) is 11.9 Å². The van der Waals surface area contributed by atoms with Crippen molar-refractivity contribution in [2.45, 2.75) is 6.42 Å². The van der Waals surface area contributed by atoms with E-state index in [1.165, 1.54) is 12.4 Å². The number of halogens is 1. The standard InChI is InChI=1S/C11H10ClN5O3/c12-10-3-8(9(5-15-10)17(19)20)11(18)14-2-1-7-4-13-6-16-7/h3-6H,1-2H2,(H,13,16)(H,14,18). The summed E-state index contributed by atoms with van der Waals surface area (Å²) in [5.41, 5.74) is 0.362. The van der Waals surface area contributed by atoms with Gasteiger partial charge in [0.15, 0.2) is 0 Å². The van der Waals surface area contributed by atoms with Gasteiger partial charge in [0.1, 0.15) is 16.9 Å². The number of amides is 1. The number of imidazole rings is 1. The van der Waals surface area contributed by atoms with E-state index in [1.54, 1.807) is 6.20 Å². The van der Waals surface area contributed by atoms with Crippen LogP contribution in [0.2, 0.25) is 5.15 Å². The predicted molar refractivity (Wildman–Crippen MR) is 70.5 cm³/mol. The molecule has 0 radical (unpaired) electrons. The van der Waals surface area contributed by atoms with Gasteiger partial charge in [0.2, 0.25) is 0 Å². The van der Waals surface area contributed by atoms with Crippen LogP contribution in [0.25, 0.3) is 0 Å². The molecule has 0 saturated carbocycles. The van der Waals surface area contributed by atoms with Crippen molar-refractivity contribution in [3.63, 3.8) is 0 Å². The Morgan fingerprint density at radius 1 is 1.50 bits per heavy atom. The van der Waals surface area contributed by atoms with Gasteiger partial charge >= 0.3 is 0 Å². The number of aromatic amines is 1. The number of aromatic nitrogens is 3. The van der Waals surface area contributed by atoms with Gasteiger partial charge in [0.25, 0.3) is 11.6 Å². The molecule has 0 atom stereocenters. The minimum atomic E-state index is -0.673. The van der Waals surface area contributed by atoms with Gasteiger partial charge in [-0.1, -0.05) is 11.6 Å². The molecule has 20 heavy (non-hydrogen) atoms. The smallest absolute Gasteiger partial charge is 0.300 e. The number of nitrogens with one attached hydrogen (secondary N) is 2. The first kappa shape index (κ1) is 13.9. The summed E-state index contributed by atoms with van der Waals surface area (Å²) < 4.78 is 0. The molecule has 2 aromatic heterocycles. The number of hydrogen-bond acceptors (Lipinski definition) is 5. The maximum atomic E-state index is 11.9. The molecular weight excluding hydrogens is 286 g/mol. The zero-order valence-electron chi connectivity index (χ0n) is 10.2. The van der Waals surface area contributed by atoms with Crippen LogP contribution in [0.4, 0.5) is 5.69 Å². The van der Waals surface area contributed by atoms with E-state index < -0.39 is 10.8 Å². The topological polar surface area (TPSA) is 114 Å². The van der Waals surface area contributed by atoms with Gasteiger partial charge in [-0.3, -0.25) is 14.9 Å². The number of nitrogens with zero attached hydrogens (tertiary/aromatic N) is 3. The van der Waals surface area contributed by atoms with E-state index in [9.17, 15) is 14.9 Å². The zero-order valence-corrected chi connectivity index (χ0v) is 10.9. The summed E-state index contributed by atoms with van der Waals surface area (Å²) in [6.07, 6.45) is 4.67. The fourth-order valence-corrected chi connectivity index (χ4v) is 1.74. The van der Waals surface area contributed by atoms with Gasteiger partial charge in [0, 0.05) is 24.9 Å². The van der Waals surface area contributed by atoms with Crippen molar-refractivity contribution < 1.29 is 9.72 Å². The van der Waals surface area contributed by atoms with Crippen LogP contribution in [0.5, 0.6) is 0 Å². The fourth-order valence-electron chi connectivity index (χ4n) is 1.58. The first-order valence-electron chi connectivity index (χ1n) is 5.63. The van der Waals surface area contributed by atoms with Crippen molar-refractivity contribution in [3.8, 4) is 0 Å². The summed E-state index contributed by atoms with van der Waals surface area (Å²) in [6, 6.07) is 1.17. The molecule has 9 heteroatoms. The summed E-state index contributed by atoms with van der Waals surface area (Å²) in [6.45, 7) is 0.318. The lowest BCUT2D eigenvalue weighted by molar-refractivity contribution is -0.385. The highest BCUT2D eigenvalue weighted by atomic mass is 35.5. The molecule has 0 aromatic carbocycles. The van der Waals surface area contributed by atoms with Gasteiger partial charge in [-0.05, 0) is 6.07 Å². The van der Waals surface area contributed by atoms with Crippen molar-refractivity contribution in [2.24, 2.45) is 0 Å². The van der Waals surface area contributed by atoms with Gasteiger partial charge in [-0.15, -0.1) is 0 Å². The lowest BCUT2D eigenvalue weighted by Crippen LogP contribution is -2.26. The van der Waals surface area contributed by atoms with Crippen LogP contribution < -0.4 is 5.32 Å². The van der Waals surface area contributed by atoms with Crippen molar-refractivity contribution in [3.05, 3.63) is 51.3 Å². The van der Waals surface area contributed by atoms with E-state index >= 15 is 0 Å². The number of pyridine rings is 1. The number of carbonyl (C=O) groups excluding carboxylic acids is 1. The predicted octanol–water partition coefficient (Wildman–Crippen LogP) is 1.34. The van der Waals surface area contributed by atoms with Crippen LogP contribution in [-0.2, 0) is 6.42 Å². The normalized spacial score (nSPS) is 10.2. The lowest BCUT2D eigenvalue weighted by atomic mass is 10.2. The second kappa shape index (κ2) is 6.11. The molecule has 104 valence electrons. The Morgan fingerprint density at radius 3 is 2.95 bits per heavy atom. The van der Waals surface area contributed by atoms with Gasteiger partial charge < -0.3 is 10.3 Å². The second-order valence-corrected chi connectivity index (χ2v) is 4.25. The Kier molecular flexibility index (Phi) is 4.26. The largest absolute Gasteiger partial charge is 0.351 e. The van der Waals surface area contributed by atoms with Crippen LogP contribution in [0.3, 0.4) is 0 Å².